The van der Waals surface area contributed by atoms with E-state index in [4.69, 9.17) is 0 Å². The summed E-state index contributed by atoms with van der Waals surface area (Å²) in [6, 6.07) is 4.26. The zero-order chi connectivity index (χ0) is 12.3. The van der Waals surface area contributed by atoms with Gasteiger partial charge in [-0.25, -0.2) is 4.39 Å². The fourth-order valence-corrected chi connectivity index (χ4v) is 1.61. The smallest absolute Gasteiger partial charge is 0.166 e. The fraction of sp³-hybridized carbons (Fsp3) is 0.385. The van der Waals surface area contributed by atoms with Crippen LogP contribution >= 0.6 is 0 Å². The van der Waals surface area contributed by atoms with Gasteiger partial charge < -0.3 is 4.79 Å². The Hall–Kier alpha value is -1.51. The summed E-state index contributed by atoms with van der Waals surface area (Å²) in [6.07, 6.45) is 0.231. The first kappa shape index (κ1) is 12.6. The predicted octanol–water partition coefficient (Wildman–Crippen LogP) is 2.93. The van der Waals surface area contributed by atoms with Gasteiger partial charge in [0.1, 0.15) is 11.6 Å². The molecule has 0 spiro atoms. The van der Waals surface area contributed by atoms with Gasteiger partial charge in [0.05, 0.1) is 0 Å². The summed E-state index contributed by atoms with van der Waals surface area (Å²) in [4.78, 5) is 22.8. The van der Waals surface area contributed by atoms with Gasteiger partial charge in [0, 0.05) is 17.9 Å². The minimum atomic E-state index is -0.345. The molecule has 0 aromatic heterocycles. The number of aryl methyl sites for hydroxylation is 1. The van der Waals surface area contributed by atoms with Gasteiger partial charge in [0.2, 0.25) is 0 Å². The van der Waals surface area contributed by atoms with Gasteiger partial charge in [-0.3, -0.25) is 4.79 Å². The van der Waals surface area contributed by atoms with Gasteiger partial charge >= 0.3 is 0 Å². The normalized spacial score (nSPS) is 12.2. The lowest BCUT2D eigenvalue weighted by Crippen LogP contribution is -2.14. The summed E-state index contributed by atoms with van der Waals surface area (Å²) >= 11 is 0. The van der Waals surface area contributed by atoms with Crippen molar-refractivity contribution in [3.8, 4) is 0 Å². The summed E-state index contributed by atoms with van der Waals surface area (Å²) in [7, 11) is 0. The van der Waals surface area contributed by atoms with Crippen molar-refractivity contribution in [1.29, 1.82) is 0 Å². The first-order valence-electron chi connectivity index (χ1n) is 5.21. The quantitative estimate of drug-likeness (QED) is 0.734. The molecule has 1 rings (SSSR count). The Bertz CT molecular complexity index is 424. The highest BCUT2D eigenvalue weighted by atomic mass is 19.1. The van der Waals surface area contributed by atoms with E-state index in [1.54, 1.807) is 13.8 Å². The maximum Gasteiger partial charge on any atom is 0.166 e. The number of Topliss-reactive ketones (excluding diaryl/α,β-unsaturated/α-hetero) is 2. The van der Waals surface area contributed by atoms with Crippen molar-refractivity contribution in [2.45, 2.75) is 27.2 Å². The van der Waals surface area contributed by atoms with Crippen LogP contribution < -0.4 is 0 Å². The summed E-state index contributed by atoms with van der Waals surface area (Å²) in [5.74, 6) is -0.795. The molecule has 0 fully saturated rings. The number of rotatable bonds is 4. The lowest BCUT2D eigenvalue weighted by atomic mass is 9.94. The Kier molecular flexibility index (Phi) is 3.93. The van der Waals surface area contributed by atoms with Crippen LogP contribution in [0, 0.1) is 18.7 Å². The van der Waals surface area contributed by atoms with E-state index in [-0.39, 0.29) is 29.7 Å². The summed E-state index contributed by atoms with van der Waals surface area (Å²) in [6.45, 7) is 4.78. The standard InChI is InChI=1S/C13H15FO2/c1-8-7-11(4-5-12(8)14)13(16)9(2)6-10(3)15/h4-5,7,9H,6H2,1-3H3. The molecular formula is C13H15FO2. The van der Waals surface area contributed by atoms with Crippen molar-refractivity contribution in [2.75, 3.05) is 0 Å². The Morgan fingerprint density at radius 1 is 1.38 bits per heavy atom. The van der Waals surface area contributed by atoms with Gasteiger partial charge in [-0.2, -0.15) is 0 Å². The molecule has 0 aliphatic carbocycles. The van der Waals surface area contributed by atoms with Crippen LogP contribution in [0.2, 0.25) is 0 Å². The lowest BCUT2D eigenvalue weighted by Gasteiger charge is -2.09. The molecule has 0 bridgehead atoms. The second-order valence-electron chi connectivity index (χ2n) is 4.14. The molecule has 86 valence electrons. The van der Waals surface area contributed by atoms with Crippen molar-refractivity contribution >= 4 is 11.6 Å². The molecule has 3 heteroatoms. The molecule has 0 N–H and O–H groups in total. The van der Waals surface area contributed by atoms with Crippen molar-refractivity contribution < 1.29 is 14.0 Å². The van der Waals surface area contributed by atoms with Crippen molar-refractivity contribution in [3.05, 3.63) is 35.1 Å². The molecule has 2 nitrogen and oxygen atoms in total. The largest absolute Gasteiger partial charge is 0.300 e. The van der Waals surface area contributed by atoms with E-state index in [0.29, 0.717) is 11.1 Å². The first-order valence-corrected chi connectivity index (χ1v) is 5.21. The number of carbonyl (C=O) groups excluding carboxylic acids is 2. The molecule has 0 radical (unpaired) electrons. The summed E-state index contributed by atoms with van der Waals surface area (Å²) in [5, 5.41) is 0. The third kappa shape index (κ3) is 2.99. The second-order valence-corrected chi connectivity index (χ2v) is 4.14. The zero-order valence-electron chi connectivity index (χ0n) is 9.71. The Morgan fingerprint density at radius 2 is 2.00 bits per heavy atom. The number of hydrogen-bond donors (Lipinski definition) is 0. The van der Waals surface area contributed by atoms with E-state index < -0.39 is 0 Å². The minimum absolute atomic E-state index is 0.0142. The third-order valence-electron chi connectivity index (χ3n) is 2.48. The van der Waals surface area contributed by atoms with Crippen LogP contribution in [0.1, 0.15) is 36.2 Å². The molecule has 0 aliphatic rings. The van der Waals surface area contributed by atoms with Crippen LogP contribution in [0.15, 0.2) is 18.2 Å². The molecule has 1 aromatic rings. The molecule has 0 heterocycles. The molecule has 0 amide bonds. The fourth-order valence-electron chi connectivity index (χ4n) is 1.61. The maximum absolute atomic E-state index is 13.0. The highest BCUT2D eigenvalue weighted by Crippen LogP contribution is 2.15. The van der Waals surface area contributed by atoms with Gasteiger partial charge in [-0.15, -0.1) is 0 Å². The van der Waals surface area contributed by atoms with Crippen molar-refractivity contribution in [1.82, 2.24) is 0 Å². The Labute approximate surface area is 94.5 Å². The molecule has 1 atom stereocenters. The first-order chi connectivity index (χ1) is 7.41. The predicted molar refractivity (Wildman–Crippen MR) is 59.9 cm³/mol. The topological polar surface area (TPSA) is 34.1 Å². The average molecular weight is 222 g/mol. The Balaban J connectivity index is 2.88. The number of halogens is 1. The number of carbonyl (C=O) groups is 2. The number of benzene rings is 1. The number of hydrogen-bond acceptors (Lipinski definition) is 2. The van der Waals surface area contributed by atoms with Crippen LogP contribution in [0.5, 0.6) is 0 Å². The van der Waals surface area contributed by atoms with Gasteiger partial charge in [0.15, 0.2) is 5.78 Å². The van der Waals surface area contributed by atoms with E-state index in [1.165, 1.54) is 25.1 Å². The average Bonchev–Trinajstić information content (AvgIpc) is 2.20. The maximum atomic E-state index is 13.0. The summed E-state index contributed by atoms with van der Waals surface area (Å²) in [5.41, 5.74) is 0.911. The van der Waals surface area contributed by atoms with Crippen LogP contribution in [-0.4, -0.2) is 11.6 Å². The molecule has 0 aliphatic heterocycles. The van der Waals surface area contributed by atoms with Crippen LogP contribution in [0.4, 0.5) is 4.39 Å². The van der Waals surface area contributed by atoms with Crippen molar-refractivity contribution in [3.63, 3.8) is 0 Å². The Morgan fingerprint density at radius 3 is 2.50 bits per heavy atom. The monoisotopic (exact) mass is 222 g/mol. The van der Waals surface area contributed by atoms with Gasteiger partial charge in [-0.05, 0) is 37.6 Å². The van der Waals surface area contributed by atoms with Crippen LogP contribution in [-0.2, 0) is 4.79 Å². The third-order valence-corrected chi connectivity index (χ3v) is 2.48. The lowest BCUT2D eigenvalue weighted by molar-refractivity contribution is -0.117. The summed E-state index contributed by atoms with van der Waals surface area (Å²) < 4.78 is 13.0. The number of ketones is 2. The van der Waals surface area contributed by atoms with Gasteiger partial charge in [0.25, 0.3) is 0 Å². The SMILES string of the molecule is CC(=O)CC(C)C(=O)c1ccc(F)c(C)c1. The van der Waals surface area contributed by atoms with E-state index in [2.05, 4.69) is 0 Å². The molecule has 16 heavy (non-hydrogen) atoms. The van der Waals surface area contributed by atoms with E-state index in [0.717, 1.165) is 0 Å². The van der Waals surface area contributed by atoms with E-state index in [9.17, 15) is 14.0 Å². The second kappa shape index (κ2) is 5.01. The molecule has 1 unspecified atom stereocenters. The van der Waals surface area contributed by atoms with Crippen molar-refractivity contribution in [2.24, 2.45) is 5.92 Å². The highest BCUT2D eigenvalue weighted by molar-refractivity contribution is 5.99. The molecule has 0 saturated carbocycles. The molecule has 0 saturated heterocycles. The van der Waals surface area contributed by atoms with Crippen LogP contribution in [0.3, 0.4) is 0 Å². The van der Waals surface area contributed by atoms with E-state index >= 15 is 0 Å². The zero-order valence-corrected chi connectivity index (χ0v) is 9.71. The van der Waals surface area contributed by atoms with E-state index in [1.807, 2.05) is 0 Å². The molecule has 1 aromatic carbocycles. The highest BCUT2D eigenvalue weighted by Gasteiger charge is 2.17. The minimum Gasteiger partial charge on any atom is -0.300 e. The van der Waals surface area contributed by atoms with Crippen LogP contribution in [0.25, 0.3) is 0 Å². The van der Waals surface area contributed by atoms with Gasteiger partial charge in [-0.1, -0.05) is 6.92 Å². The molecular weight excluding hydrogens is 207 g/mol.